The van der Waals surface area contributed by atoms with Gasteiger partial charge in [-0.15, -0.1) is 0 Å². The summed E-state index contributed by atoms with van der Waals surface area (Å²) in [5, 5.41) is 0. The van der Waals surface area contributed by atoms with Crippen LogP contribution in [-0.2, 0) is 14.8 Å². The Morgan fingerprint density at radius 1 is 1.40 bits per heavy atom. The minimum atomic E-state index is -3.14. The predicted molar refractivity (Wildman–Crippen MR) is 57.9 cm³/mol. The lowest BCUT2D eigenvalue weighted by Crippen LogP contribution is -2.28. The Labute approximate surface area is 89.6 Å². The average Bonchev–Trinajstić information content (AvgIpc) is 2.86. The summed E-state index contributed by atoms with van der Waals surface area (Å²) in [7, 11) is -3.14. The largest absolute Gasteiger partial charge is 0.221 e. The van der Waals surface area contributed by atoms with E-state index in [2.05, 4.69) is 4.72 Å². The molecular formula is C11H13NO2S. The van der Waals surface area contributed by atoms with E-state index < -0.39 is 14.8 Å². The summed E-state index contributed by atoms with van der Waals surface area (Å²) in [6, 6.07) is 7.79. The molecule has 0 bridgehead atoms. The lowest BCUT2D eigenvalue weighted by molar-refractivity contribution is 0.577. The average molecular weight is 223 g/mol. The first kappa shape index (κ1) is 9.36. The molecule has 1 saturated heterocycles. The van der Waals surface area contributed by atoms with Gasteiger partial charge in [0.15, 0.2) is 0 Å². The van der Waals surface area contributed by atoms with E-state index in [1.165, 1.54) is 0 Å². The second-order valence-corrected chi connectivity index (χ2v) is 6.48. The molecule has 2 aliphatic rings. The van der Waals surface area contributed by atoms with E-state index in [4.69, 9.17) is 0 Å². The number of aryl methyl sites for hydroxylation is 1. The Kier molecular flexibility index (Phi) is 1.64. The van der Waals surface area contributed by atoms with Gasteiger partial charge >= 0.3 is 0 Å². The van der Waals surface area contributed by atoms with Crippen molar-refractivity contribution in [2.75, 3.05) is 6.54 Å². The van der Waals surface area contributed by atoms with Crippen LogP contribution >= 0.6 is 0 Å². The van der Waals surface area contributed by atoms with Crippen molar-refractivity contribution >= 4 is 10.0 Å². The van der Waals surface area contributed by atoms with Crippen molar-refractivity contribution in [2.45, 2.75) is 18.1 Å². The highest BCUT2D eigenvalue weighted by Crippen LogP contribution is 2.61. The SMILES string of the molecule is Cc1ccccc1C12CC1CNS2(=O)=O. The van der Waals surface area contributed by atoms with Crippen LogP contribution < -0.4 is 4.72 Å². The van der Waals surface area contributed by atoms with Crippen LogP contribution in [0, 0.1) is 12.8 Å². The van der Waals surface area contributed by atoms with Crippen molar-refractivity contribution in [1.29, 1.82) is 0 Å². The Balaban J connectivity index is 2.21. The number of hydrogen-bond donors (Lipinski definition) is 1. The summed E-state index contributed by atoms with van der Waals surface area (Å²) >= 11 is 0. The summed E-state index contributed by atoms with van der Waals surface area (Å²) < 4.78 is 26.0. The van der Waals surface area contributed by atoms with Crippen molar-refractivity contribution in [3.63, 3.8) is 0 Å². The molecule has 1 aliphatic heterocycles. The van der Waals surface area contributed by atoms with Gasteiger partial charge in [0.1, 0.15) is 4.75 Å². The van der Waals surface area contributed by atoms with Crippen LogP contribution in [-0.4, -0.2) is 15.0 Å². The molecule has 0 aromatic heterocycles. The molecule has 1 aliphatic carbocycles. The van der Waals surface area contributed by atoms with E-state index >= 15 is 0 Å². The first-order valence-corrected chi connectivity index (χ1v) is 6.61. The molecule has 1 N–H and O–H groups in total. The van der Waals surface area contributed by atoms with E-state index in [0.29, 0.717) is 6.54 Å². The fraction of sp³-hybridized carbons (Fsp3) is 0.455. The van der Waals surface area contributed by atoms with E-state index in [1.54, 1.807) is 0 Å². The number of fused-ring (bicyclic) bond motifs is 1. The van der Waals surface area contributed by atoms with Crippen molar-refractivity contribution in [1.82, 2.24) is 4.72 Å². The number of nitrogens with one attached hydrogen (secondary N) is 1. The van der Waals surface area contributed by atoms with Crippen LogP contribution in [0.15, 0.2) is 24.3 Å². The van der Waals surface area contributed by atoms with Crippen molar-refractivity contribution in [3.05, 3.63) is 35.4 Å². The zero-order valence-electron chi connectivity index (χ0n) is 8.53. The highest BCUT2D eigenvalue weighted by Gasteiger charge is 2.69. The molecule has 15 heavy (non-hydrogen) atoms. The highest BCUT2D eigenvalue weighted by atomic mass is 32.2. The maximum absolute atomic E-state index is 12.0. The molecule has 2 fully saturated rings. The number of benzene rings is 1. The van der Waals surface area contributed by atoms with Gasteiger partial charge in [0, 0.05) is 6.54 Å². The molecule has 4 heteroatoms. The summed E-state index contributed by atoms with van der Waals surface area (Å²) in [6.07, 6.45) is 0.785. The lowest BCUT2D eigenvalue weighted by atomic mass is 10.0. The van der Waals surface area contributed by atoms with Gasteiger partial charge in [-0.2, -0.15) is 0 Å². The number of hydrogen-bond acceptors (Lipinski definition) is 2. The van der Waals surface area contributed by atoms with E-state index in [9.17, 15) is 8.42 Å². The Hall–Kier alpha value is -0.870. The third-order valence-electron chi connectivity index (χ3n) is 3.65. The number of sulfonamides is 1. The summed E-state index contributed by atoms with van der Waals surface area (Å²) in [5.74, 6) is 0.281. The smallest absolute Gasteiger partial charge is 0.214 e. The third-order valence-corrected chi connectivity index (χ3v) is 5.87. The van der Waals surface area contributed by atoms with Crippen LogP contribution in [0.3, 0.4) is 0 Å². The van der Waals surface area contributed by atoms with Gasteiger partial charge in [-0.3, -0.25) is 0 Å². The van der Waals surface area contributed by atoms with Gasteiger partial charge < -0.3 is 0 Å². The van der Waals surface area contributed by atoms with Crippen molar-refractivity contribution in [2.24, 2.45) is 5.92 Å². The van der Waals surface area contributed by atoms with Crippen molar-refractivity contribution in [3.8, 4) is 0 Å². The van der Waals surface area contributed by atoms with Crippen LogP contribution in [0.2, 0.25) is 0 Å². The first-order chi connectivity index (χ1) is 7.08. The highest BCUT2D eigenvalue weighted by molar-refractivity contribution is 7.91. The normalized spacial score (nSPS) is 36.2. The van der Waals surface area contributed by atoms with Gasteiger partial charge in [0.2, 0.25) is 10.0 Å². The second-order valence-electron chi connectivity index (χ2n) is 4.46. The molecular weight excluding hydrogens is 210 g/mol. The quantitative estimate of drug-likeness (QED) is 0.776. The maximum Gasteiger partial charge on any atom is 0.221 e. The Morgan fingerprint density at radius 3 is 2.67 bits per heavy atom. The van der Waals surface area contributed by atoms with Crippen LogP contribution in [0.5, 0.6) is 0 Å². The van der Waals surface area contributed by atoms with Crippen LogP contribution in [0.25, 0.3) is 0 Å². The molecule has 1 saturated carbocycles. The summed E-state index contributed by atoms with van der Waals surface area (Å²) in [6.45, 7) is 2.59. The standard InChI is InChI=1S/C11H13NO2S/c1-8-4-2-3-5-10(8)11-6-9(11)7-12-15(11,13)14/h2-5,9,12H,6-7H2,1H3. The fourth-order valence-electron chi connectivity index (χ4n) is 2.73. The predicted octanol–water partition coefficient (Wildman–Crippen LogP) is 1.14. The van der Waals surface area contributed by atoms with Crippen LogP contribution in [0.4, 0.5) is 0 Å². The molecule has 3 rings (SSSR count). The molecule has 2 unspecified atom stereocenters. The minimum absolute atomic E-state index is 0.281. The van der Waals surface area contributed by atoms with Gasteiger partial charge in [-0.25, -0.2) is 13.1 Å². The molecule has 80 valence electrons. The monoisotopic (exact) mass is 223 g/mol. The molecule has 1 heterocycles. The number of rotatable bonds is 1. The molecule has 0 spiro atoms. The third kappa shape index (κ3) is 1.01. The zero-order valence-corrected chi connectivity index (χ0v) is 9.34. The second kappa shape index (κ2) is 2.62. The fourth-order valence-corrected chi connectivity index (χ4v) is 4.87. The molecule has 0 amide bonds. The summed E-state index contributed by atoms with van der Waals surface area (Å²) in [4.78, 5) is 0. The lowest BCUT2D eigenvalue weighted by Gasteiger charge is -2.15. The van der Waals surface area contributed by atoms with Gasteiger partial charge in [-0.05, 0) is 30.4 Å². The molecule has 1 aromatic rings. The minimum Gasteiger partial charge on any atom is -0.214 e. The van der Waals surface area contributed by atoms with E-state index in [1.807, 2.05) is 31.2 Å². The van der Waals surface area contributed by atoms with Crippen LogP contribution in [0.1, 0.15) is 17.5 Å². The zero-order chi connectivity index (χ0) is 10.7. The van der Waals surface area contributed by atoms with E-state index in [-0.39, 0.29) is 5.92 Å². The molecule has 2 atom stereocenters. The summed E-state index contributed by atoms with van der Waals surface area (Å²) in [5.41, 5.74) is 2.06. The Bertz CT molecular complexity index is 523. The maximum atomic E-state index is 12.0. The molecule has 1 aromatic carbocycles. The molecule has 3 nitrogen and oxygen atoms in total. The Morgan fingerprint density at radius 2 is 2.13 bits per heavy atom. The topological polar surface area (TPSA) is 46.2 Å². The van der Waals surface area contributed by atoms with Gasteiger partial charge in [0.25, 0.3) is 0 Å². The van der Waals surface area contributed by atoms with Crippen molar-refractivity contribution < 1.29 is 8.42 Å². The molecule has 0 radical (unpaired) electrons. The van der Waals surface area contributed by atoms with E-state index in [0.717, 1.165) is 17.5 Å². The first-order valence-electron chi connectivity index (χ1n) is 5.13. The van der Waals surface area contributed by atoms with Gasteiger partial charge in [-0.1, -0.05) is 24.3 Å². The van der Waals surface area contributed by atoms with Gasteiger partial charge in [0.05, 0.1) is 0 Å².